The Kier molecular flexibility index (Phi) is 37.0. The smallest absolute Gasteiger partial charge is 0.220 e. The van der Waals surface area contributed by atoms with Crippen molar-refractivity contribution in [3.63, 3.8) is 0 Å². The maximum Gasteiger partial charge on any atom is 0.220 e. The highest BCUT2D eigenvalue weighted by atomic mass is 16.3. The van der Waals surface area contributed by atoms with Gasteiger partial charge in [-0.05, 0) is 77.0 Å². The van der Waals surface area contributed by atoms with Crippen molar-refractivity contribution < 1.29 is 15.0 Å². The van der Waals surface area contributed by atoms with Crippen molar-refractivity contribution in [2.24, 2.45) is 0 Å². The van der Waals surface area contributed by atoms with Gasteiger partial charge in [0.1, 0.15) is 0 Å². The Hall–Kier alpha value is -1.91. The molecule has 0 spiro atoms. The highest BCUT2D eigenvalue weighted by molar-refractivity contribution is 5.76. The van der Waals surface area contributed by atoms with E-state index < -0.39 is 12.1 Å². The van der Waals surface area contributed by atoms with Crippen LogP contribution in [0.3, 0.4) is 0 Å². The van der Waals surface area contributed by atoms with Crippen LogP contribution in [0, 0.1) is 0 Å². The van der Waals surface area contributed by atoms with E-state index in [9.17, 15) is 15.0 Å². The SMILES string of the molecule is CCCCCC/C=C\C/C=C\CCCCCCCC(=O)NC(CO)C(O)/C=C/CC/C=C/CC/C=C/CCCCCCCCCCC. The molecule has 0 aromatic carbocycles. The number of carbonyl (C=O) groups is 1. The molecule has 0 aliphatic rings. The van der Waals surface area contributed by atoms with E-state index in [-0.39, 0.29) is 12.5 Å². The van der Waals surface area contributed by atoms with Crippen molar-refractivity contribution in [2.45, 2.75) is 199 Å². The van der Waals surface area contributed by atoms with Gasteiger partial charge in [-0.15, -0.1) is 0 Å². The molecule has 0 radical (unpaired) electrons. The quantitative estimate of drug-likeness (QED) is 0.0470. The number of aliphatic hydroxyl groups is 2. The van der Waals surface area contributed by atoms with Gasteiger partial charge < -0.3 is 15.5 Å². The second-order valence-electron chi connectivity index (χ2n) is 13.3. The Balaban J connectivity index is 3.73. The summed E-state index contributed by atoms with van der Waals surface area (Å²) in [4.78, 5) is 12.3. The third-order valence-electron chi connectivity index (χ3n) is 8.70. The molecular weight excluding hydrogens is 578 g/mol. The number of hydrogen-bond donors (Lipinski definition) is 3. The summed E-state index contributed by atoms with van der Waals surface area (Å²) in [6.45, 7) is 4.25. The molecule has 47 heavy (non-hydrogen) atoms. The van der Waals surface area contributed by atoms with Gasteiger partial charge in [0.15, 0.2) is 0 Å². The van der Waals surface area contributed by atoms with E-state index in [1.807, 2.05) is 6.08 Å². The van der Waals surface area contributed by atoms with E-state index in [1.165, 1.54) is 109 Å². The molecule has 0 fully saturated rings. The number of carbonyl (C=O) groups excluding carboxylic acids is 1. The molecule has 4 heteroatoms. The highest BCUT2D eigenvalue weighted by Gasteiger charge is 2.17. The Morgan fingerprint density at radius 1 is 0.511 bits per heavy atom. The van der Waals surface area contributed by atoms with E-state index in [4.69, 9.17) is 0 Å². The summed E-state index contributed by atoms with van der Waals surface area (Å²) in [5.74, 6) is -0.0944. The summed E-state index contributed by atoms with van der Waals surface area (Å²) in [6, 6.07) is -0.653. The molecule has 0 saturated carbocycles. The van der Waals surface area contributed by atoms with Crippen LogP contribution in [0.25, 0.3) is 0 Å². The van der Waals surface area contributed by atoms with Gasteiger partial charge in [0.25, 0.3) is 0 Å². The minimum absolute atomic E-state index is 0.0944. The second-order valence-corrected chi connectivity index (χ2v) is 13.3. The number of nitrogens with one attached hydrogen (secondary N) is 1. The molecule has 2 unspecified atom stereocenters. The van der Waals surface area contributed by atoms with Crippen LogP contribution < -0.4 is 5.32 Å². The monoisotopic (exact) mass is 656 g/mol. The number of allylic oxidation sites excluding steroid dienone is 9. The highest BCUT2D eigenvalue weighted by Crippen LogP contribution is 2.12. The van der Waals surface area contributed by atoms with Crippen LogP contribution in [0.15, 0.2) is 60.8 Å². The Morgan fingerprint density at radius 3 is 1.38 bits per heavy atom. The van der Waals surface area contributed by atoms with Gasteiger partial charge in [0.2, 0.25) is 5.91 Å². The van der Waals surface area contributed by atoms with Crippen molar-refractivity contribution >= 4 is 5.91 Å². The minimum atomic E-state index is -0.877. The molecule has 2 atom stereocenters. The molecule has 0 rings (SSSR count). The first-order chi connectivity index (χ1) is 23.2. The second kappa shape index (κ2) is 38.5. The van der Waals surface area contributed by atoms with Crippen molar-refractivity contribution in [3.8, 4) is 0 Å². The van der Waals surface area contributed by atoms with Crippen LogP contribution in [0.2, 0.25) is 0 Å². The topological polar surface area (TPSA) is 69.6 Å². The fourth-order valence-corrected chi connectivity index (χ4v) is 5.59. The summed E-state index contributed by atoms with van der Waals surface area (Å²) in [5, 5.41) is 22.9. The van der Waals surface area contributed by atoms with E-state index in [1.54, 1.807) is 6.08 Å². The molecule has 0 saturated heterocycles. The number of hydrogen-bond acceptors (Lipinski definition) is 3. The maximum absolute atomic E-state index is 12.3. The molecule has 0 bridgehead atoms. The zero-order chi connectivity index (χ0) is 34.3. The molecular formula is C43H77NO3. The molecule has 0 heterocycles. The average Bonchev–Trinajstić information content (AvgIpc) is 3.07. The molecule has 0 aliphatic carbocycles. The van der Waals surface area contributed by atoms with E-state index >= 15 is 0 Å². The summed E-state index contributed by atoms with van der Waals surface area (Å²) in [7, 11) is 0. The van der Waals surface area contributed by atoms with Gasteiger partial charge in [-0.2, -0.15) is 0 Å². The Bertz CT molecular complexity index is 797. The first-order valence-corrected chi connectivity index (χ1v) is 20.0. The number of amides is 1. The summed E-state index contributed by atoms with van der Waals surface area (Å²) in [5.41, 5.74) is 0. The zero-order valence-corrected chi connectivity index (χ0v) is 31.0. The van der Waals surface area contributed by atoms with Gasteiger partial charge in [0.05, 0.1) is 18.8 Å². The molecule has 1 amide bonds. The van der Waals surface area contributed by atoms with Gasteiger partial charge >= 0.3 is 0 Å². The lowest BCUT2D eigenvalue weighted by molar-refractivity contribution is -0.123. The van der Waals surface area contributed by atoms with Gasteiger partial charge in [-0.25, -0.2) is 0 Å². The number of rotatable bonds is 35. The van der Waals surface area contributed by atoms with E-state index in [0.29, 0.717) is 6.42 Å². The molecule has 0 aromatic heterocycles. The largest absolute Gasteiger partial charge is 0.394 e. The summed E-state index contributed by atoms with van der Waals surface area (Å²) < 4.78 is 0. The number of unbranched alkanes of at least 4 members (excludes halogenated alkanes) is 20. The van der Waals surface area contributed by atoms with E-state index in [2.05, 4.69) is 67.8 Å². The summed E-state index contributed by atoms with van der Waals surface area (Å²) in [6.07, 6.45) is 53.1. The van der Waals surface area contributed by atoms with Gasteiger partial charge in [-0.1, -0.05) is 164 Å². The van der Waals surface area contributed by atoms with Crippen LogP contribution in [0.5, 0.6) is 0 Å². The molecule has 0 aliphatic heterocycles. The van der Waals surface area contributed by atoms with Gasteiger partial charge in [0, 0.05) is 6.42 Å². The van der Waals surface area contributed by atoms with Crippen molar-refractivity contribution in [1.82, 2.24) is 5.32 Å². The van der Waals surface area contributed by atoms with Crippen LogP contribution in [0.1, 0.15) is 187 Å². The lowest BCUT2D eigenvalue weighted by atomic mass is 10.1. The average molecular weight is 656 g/mol. The Morgan fingerprint density at radius 2 is 0.894 bits per heavy atom. The van der Waals surface area contributed by atoms with Crippen molar-refractivity contribution in [2.75, 3.05) is 6.61 Å². The molecule has 0 aromatic rings. The standard InChI is InChI=1S/C43H77NO3/c1-3-5-7-9-11-13-15-17-19-21-22-23-24-26-28-30-32-34-36-38-42(46)41(40-45)44-43(47)39-37-35-33-31-29-27-25-20-18-16-14-12-10-8-6-4-2/h14,16,20,22-23,25,28,30,36,38,41-42,45-46H,3-13,15,17-19,21,24,26-27,29,31-35,37,39-40H2,1-2H3,(H,44,47)/b16-14-,23-22+,25-20-,30-28+,38-36+. The molecule has 3 N–H and O–H groups in total. The third kappa shape index (κ3) is 35.2. The van der Waals surface area contributed by atoms with Crippen LogP contribution in [-0.4, -0.2) is 34.9 Å². The zero-order valence-electron chi connectivity index (χ0n) is 31.0. The normalized spacial score (nSPS) is 13.7. The third-order valence-corrected chi connectivity index (χ3v) is 8.70. The number of aliphatic hydroxyl groups excluding tert-OH is 2. The predicted molar refractivity (Wildman–Crippen MR) is 207 cm³/mol. The molecule has 4 nitrogen and oxygen atoms in total. The minimum Gasteiger partial charge on any atom is -0.394 e. The first kappa shape index (κ1) is 45.1. The fraction of sp³-hybridized carbons (Fsp3) is 0.744. The van der Waals surface area contributed by atoms with Crippen molar-refractivity contribution in [1.29, 1.82) is 0 Å². The molecule has 272 valence electrons. The van der Waals surface area contributed by atoms with Gasteiger partial charge in [-0.3, -0.25) is 4.79 Å². The van der Waals surface area contributed by atoms with Crippen molar-refractivity contribution in [3.05, 3.63) is 60.8 Å². The fourth-order valence-electron chi connectivity index (χ4n) is 5.59. The van der Waals surface area contributed by atoms with E-state index in [0.717, 1.165) is 57.8 Å². The predicted octanol–water partition coefficient (Wildman–Crippen LogP) is 12.2. The van der Waals surface area contributed by atoms with Crippen LogP contribution >= 0.6 is 0 Å². The van der Waals surface area contributed by atoms with Crippen LogP contribution in [0.4, 0.5) is 0 Å². The first-order valence-electron chi connectivity index (χ1n) is 20.0. The maximum atomic E-state index is 12.3. The Labute approximate surface area is 292 Å². The lowest BCUT2D eigenvalue weighted by Crippen LogP contribution is -2.45. The lowest BCUT2D eigenvalue weighted by Gasteiger charge is -2.19. The summed E-state index contributed by atoms with van der Waals surface area (Å²) >= 11 is 0. The van der Waals surface area contributed by atoms with Crippen LogP contribution in [-0.2, 0) is 4.79 Å².